The molecule has 1 heterocycles. The smallest absolute Gasteiger partial charge is 0.337 e. The van der Waals surface area contributed by atoms with E-state index in [2.05, 4.69) is 15.6 Å². The second-order valence-corrected chi connectivity index (χ2v) is 6.96. The number of rotatable bonds is 5. The number of ether oxygens (including phenoxy) is 1. The van der Waals surface area contributed by atoms with Crippen LogP contribution < -0.4 is 10.6 Å². The number of methoxy groups -OCH3 is 1. The molecule has 0 bridgehead atoms. The van der Waals surface area contributed by atoms with Crippen molar-refractivity contribution in [1.29, 1.82) is 0 Å². The van der Waals surface area contributed by atoms with E-state index in [-0.39, 0.29) is 11.9 Å². The van der Waals surface area contributed by atoms with Gasteiger partial charge in [0, 0.05) is 17.8 Å². The number of aromatic nitrogens is 1. The minimum Gasteiger partial charge on any atom is -0.465 e. The maximum atomic E-state index is 12.5. The molecule has 2 aromatic rings. The van der Waals surface area contributed by atoms with Crippen LogP contribution in [0.3, 0.4) is 0 Å². The van der Waals surface area contributed by atoms with Crippen LogP contribution in [-0.2, 0) is 4.74 Å². The molecule has 0 spiro atoms. The third-order valence-electron chi connectivity index (χ3n) is 4.61. The fraction of sp³-hybridized carbons (Fsp3) is 0.350. The number of carbonyl (C=O) groups excluding carboxylic acids is 2. The van der Waals surface area contributed by atoms with Crippen LogP contribution in [0.25, 0.3) is 0 Å². The molecule has 27 heavy (non-hydrogen) atoms. The molecule has 0 radical (unpaired) electrons. The van der Waals surface area contributed by atoms with E-state index >= 15 is 0 Å². The third kappa shape index (κ3) is 4.98. The van der Waals surface area contributed by atoms with Crippen LogP contribution in [0, 0.1) is 0 Å². The summed E-state index contributed by atoms with van der Waals surface area (Å²) in [6.07, 6.45) is 7.17. The normalized spacial score (nSPS) is 14.4. The van der Waals surface area contributed by atoms with Gasteiger partial charge in [0.15, 0.2) is 0 Å². The molecule has 6 nitrogen and oxygen atoms in total. The summed E-state index contributed by atoms with van der Waals surface area (Å²) in [5.41, 5.74) is 1.41. The van der Waals surface area contributed by atoms with Crippen LogP contribution in [0.4, 0.5) is 11.5 Å². The van der Waals surface area contributed by atoms with Crippen LogP contribution >= 0.6 is 11.6 Å². The number of benzene rings is 1. The van der Waals surface area contributed by atoms with E-state index in [1.54, 1.807) is 36.5 Å². The molecular formula is C20H22ClN3O3. The Kier molecular flexibility index (Phi) is 6.29. The summed E-state index contributed by atoms with van der Waals surface area (Å²) >= 11 is 6.20. The molecule has 1 aliphatic carbocycles. The van der Waals surface area contributed by atoms with Gasteiger partial charge >= 0.3 is 5.97 Å². The van der Waals surface area contributed by atoms with Crippen molar-refractivity contribution in [3.8, 4) is 0 Å². The number of halogens is 1. The van der Waals surface area contributed by atoms with Gasteiger partial charge in [0.25, 0.3) is 5.91 Å². The second-order valence-electron chi connectivity index (χ2n) is 6.55. The van der Waals surface area contributed by atoms with E-state index in [0.717, 1.165) is 25.7 Å². The summed E-state index contributed by atoms with van der Waals surface area (Å²) in [4.78, 5) is 28.4. The SMILES string of the molecule is COC(=O)c1ccc(Cl)c(Nc2cc(C(=O)NC3CCCCC3)ccn2)c1. The Morgan fingerprint density at radius 3 is 2.63 bits per heavy atom. The third-order valence-corrected chi connectivity index (χ3v) is 4.94. The van der Waals surface area contributed by atoms with Gasteiger partial charge in [-0.1, -0.05) is 30.9 Å². The van der Waals surface area contributed by atoms with Crippen molar-refractivity contribution in [2.45, 2.75) is 38.1 Å². The first-order chi connectivity index (χ1) is 13.1. The zero-order valence-electron chi connectivity index (χ0n) is 15.1. The molecule has 2 N–H and O–H groups in total. The molecule has 1 fully saturated rings. The number of nitrogens with zero attached hydrogens (tertiary/aromatic N) is 1. The van der Waals surface area contributed by atoms with Crippen molar-refractivity contribution in [1.82, 2.24) is 10.3 Å². The Bertz CT molecular complexity index is 835. The Morgan fingerprint density at radius 2 is 1.89 bits per heavy atom. The molecule has 1 saturated carbocycles. The van der Waals surface area contributed by atoms with Crippen molar-refractivity contribution >= 4 is 35.0 Å². The van der Waals surface area contributed by atoms with Gasteiger partial charge in [-0.05, 0) is 43.2 Å². The van der Waals surface area contributed by atoms with Gasteiger partial charge in [-0.25, -0.2) is 9.78 Å². The number of hydrogen-bond acceptors (Lipinski definition) is 5. The summed E-state index contributed by atoms with van der Waals surface area (Å²) in [5, 5.41) is 6.58. The number of carbonyl (C=O) groups is 2. The molecule has 1 aliphatic rings. The van der Waals surface area contributed by atoms with Gasteiger partial charge in [-0.2, -0.15) is 0 Å². The van der Waals surface area contributed by atoms with Crippen molar-refractivity contribution < 1.29 is 14.3 Å². The number of amides is 1. The van der Waals surface area contributed by atoms with Crippen LogP contribution in [-0.4, -0.2) is 30.0 Å². The molecule has 0 unspecified atom stereocenters. The van der Waals surface area contributed by atoms with Gasteiger partial charge < -0.3 is 15.4 Å². The summed E-state index contributed by atoms with van der Waals surface area (Å²) in [6.45, 7) is 0. The maximum Gasteiger partial charge on any atom is 0.337 e. The highest BCUT2D eigenvalue weighted by molar-refractivity contribution is 6.33. The number of anilines is 2. The average Bonchev–Trinajstić information content (AvgIpc) is 2.70. The first kappa shape index (κ1) is 19.2. The highest BCUT2D eigenvalue weighted by atomic mass is 35.5. The predicted octanol–water partition coefficient (Wildman–Crippen LogP) is 4.33. The maximum absolute atomic E-state index is 12.5. The second kappa shape index (κ2) is 8.86. The largest absolute Gasteiger partial charge is 0.465 e. The predicted molar refractivity (Wildman–Crippen MR) is 105 cm³/mol. The van der Waals surface area contributed by atoms with Gasteiger partial charge in [0.2, 0.25) is 0 Å². The van der Waals surface area contributed by atoms with Crippen LogP contribution in [0.5, 0.6) is 0 Å². The van der Waals surface area contributed by atoms with Gasteiger partial charge in [-0.15, -0.1) is 0 Å². The summed E-state index contributed by atoms with van der Waals surface area (Å²) in [5.74, 6) is -0.0970. The van der Waals surface area contributed by atoms with Crippen LogP contribution in [0.15, 0.2) is 36.5 Å². The number of esters is 1. The lowest BCUT2D eigenvalue weighted by molar-refractivity contribution is 0.0600. The van der Waals surface area contributed by atoms with E-state index in [1.807, 2.05) is 0 Å². The number of nitrogens with one attached hydrogen (secondary N) is 2. The zero-order valence-corrected chi connectivity index (χ0v) is 15.9. The van der Waals surface area contributed by atoms with Gasteiger partial charge in [-0.3, -0.25) is 4.79 Å². The van der Waals surface area contributed by atoms with Crippen LogP contribution in [0.1, 0.15) is 52.8 Å². The van der Waals surface area contributed by atoms with Gasteiger partial charge in [0.1, 0.15) is 5.82 Å². The molecule has 7 heteroatoms. The van der Waals surface area contributed by atoms with Crippen molar-refractivity contribution in [3.05, 3.63) is 52.7 Å². The summed E-state index contributed by atoms with van der Waals surface area (Å²) in [6, 6.07) is 8.36. The molecule has 142 valence electrons. The first-order valence-corrected chi connectivity index (χ1v) is 9.36. The van der Waals surface area contributed by atoms with E-state index in [9.17, 15) is 9.59 Å². The topological polar surface area (TPSA) is 80.3 Å². The van der Waals surface area contributed by atoms with E-state index in [4.69, 9.17) is 16.3 Å². The fourth-order valence-corrected chi connectivity index (χ4v) is 3.32. The first-order valence-electron chi connectivity index (χ1n) is 8.98. The van der Waals surface area contributed by atoms with Crippen molar-refractivity contribution in [2.75, 3.05) is 12.4 Å². The minimum absolute atomic E-state index is 0.109. The highest BCUT2D eigenvalue weighted by Crippen LogP contribution is 2.26. The van der Waals surface area contributed by atoms with Crippen molar-refractivity contribution in [3.63, 3.8) is 0 Å². The van der Waals surface area contributed by atoms with Gasteiger partial charge in [0.05, 0.1) is 23.4 Å². The Hall–Kier alpha value is -2.60. The van der Waals surface area contributed by atoms with E-state index < -0.39 is 5.97 Å². The molecule has 1 amide bonds. The molecule has 3 rings (SSSR count). The minimum atomic E-state index is -0.455. The number of pyridine rings is 1. The monoisotopic (exact) mass is 387 g/mol. The molecule has 1 aromatic heterocycles. The van der Waals surface area contributed by atoms with E-state index in [0.29, 0.717) is 27.7 Å². The van der Waals surface area contributed by atoms with Crippen molar-refractivity contribution in [2.24, 2.45) is 0 Å². The zero-order chi connectivity index (χ0) is 19.2. The fourth-order valence-electron chi connectivity index (χ4n) is 3.16. The lowest BCUT2D eigenvalue weighted by Gasteiger charge is -2.22. The Morgan fingerprint density at radius 1 is 1.11 bits per heavy atom. The molecule has 1 aromatic carbocycles. The van der Waals surface area contributed by atoms with E-state index in [1.165, 1.54) is 13.5 Å². The Balaban J connectivity index is 1.74. The summed E-state index contributed by atoms with van der Waals surface area (Å²) < 4.78 is 4.73. The highest BCUT2D eigenvalue weighted by Gasteiger charge is 2.17. The average molecular weight is 388 g/mol. The summed E-state index contributed by atoms with van der Waals surface area (Å²) in [7, 11) is 1.32. The molecule has 0 saturated heterocycles. The lowest BCUT2D eigenvalue weighted by Crippen LogP contribution is -2.36. The number of hydrogen-bond donors (Lipinski definition) is 2. The molecule has 0 aliphatic heterocycles. The molecule has 0 atom stereocenters. The quantitative estimate of drug-likeness (QED) is 0.746. The van der Waals surface area contributed by atoms with Crippen LogP contribution in [0.2, 0.25) is 5.02 Å². The Labute approximate surface area is 163 Å². The molecular weight excluding hydrogens is 366 g/mol. The standard InChI is InChI=1S/C20H22ClN3O3/c1-27-20(26)14-7-8-16(21)17(11-14)24-18-12-13(9-10-22-18)19(25)23-15-5-3-2-4-6-15/h7-12,15H,2-6H2,1H3,(H,22,24)(H,23,25). The lowest BCUT2D eigenvalue weighted by atomic mass is 9.95.